The molecule has 0 saturated carbocycles. The summed E-state index contributed by atoms with van der Waals surface area (Å²) >= 11 is 0. The number of benzene rings is 2. The molecule has 1 amide bonds. The van der Waals surface area contributed by atoms with Gasteiger partial charge in [-0.15, -0.1) is 0 Å². The fourth-order valence-corrected chi connectivity index (χ4v) is 4.36. The monoisotopic (exact) mass is 381 g/mol. The van der Waals surface area contributed by atoms with Gasteiger partial charge in [0.15, 0.2) is 6.67 Å². The Labute approximate surface area is 164 Å². The number of anilines is 1. The van der Waals surface area contributed by atoms with Crippen LogP contribution in [-0.2, 0) is 4.79 Å². The first-order valence-electron chi connectivity index (χ1n) is 9.57. The van der Waals surface area contributed by atoms with Crippen LogP contribution < -0.4 is 19.3 Å². The number of ether oxygens (including phenoxy) is 2. The van der Waals surface area contributed by atoms with Gasteiger partial charge in [0, 0.05) is 18.9 Å². The van der Waals surface area contributed by atoms with Crippen molar-refractivity contribution < 1.29 is 24.0 Å². The number of aryl methyl sites for hydroxylation is 1. The fraction of sp³-hybridized carbons (Fsp3) is 0.364. The van der Waals surface area contributed by atoms with Crippen LogP contribution in [0.15, 0.2) is 36.4 Å². The number of nitrogens with one attached hydrogen (secondary N) is 1. The summed E-state index contributed by atoms with van der Waals surface area (Å²) in [4.78, 5) is 28.0. The van der Waals surface area contributed by atoms with E-state index in [-0.39, 0.29) is 6.04 Å². The first-order chi connectivity index (χ1) is 13.5. The van der Waals surface area contributed by atoms with E-state index in [9.17, 15) is 9.59 Å². The summed E-state index contributed by atoms with van der Waals surface area (Å²) < 4.78 is 10.9. The van der Waals surface area contributed by atoms with E-state index in [0.29, 0.717) is 12.2 Å². The second-order valence-corrected chi connectivity index (χ2v) is 7.45. The van der Waals surface area contributed by atoms with E-state index >= 15 is 0 Å². The molecule has 1 fully saturated rings. The highest BCUT2D eigenvalue weighted by molar-refractivity contribution is 6.52. The molecule has 2 aliphatic heterocycles. The van der Waals surface area contributed by atoms with Crippen LogP contribution in [0.25, 0.3) is 0 Å². The number of hydrogen-bond donors (Lipinski definition) is 1. The van der Waals surface area contributed by atoms with E-state index in [1.54, 1.807) is 25.2 Å². The number of ketones is 1. The van der Waals surface area contributed by atoms with Gasteiger partial charge in [0.05, 0.1) is 37.6 Å². The maximum atomic E-state index is 12.6. The molecule has 2 heterocycles. The second kappa shape index (κ2) is 7.28. The van der Waals surface area contributed by atoms with Gasteiger partial charge in [0.25, 0.3) is 5.78 Å². The zero-order valence-electron chi connectivity index (χ0n) is 16.5. The molecule has 2 aromatic carbocycles. The number of likely N-dealkylation sites (tertiary alicyclic amines) is 1. The van der Waals surface area contributed by atoms with Crippen molar-refractivity contribution in [2.24, 2.45) is 0 Å². The number of quaternary nitrogens is 1. The van der Waals surface area contributed by atoms with Crippen LogP contribution in [0.1, 0.15) is 40.4 Å². The Morgan fingerprint density at radius 2 is 1.93 bits per heavy atom. The molecule has 0 aliphatic carbocycles. The topological polar surface area (TPSA) is 60.3 Å². The molecule has 0 aromatic heterocycles. The van der Waals surface area contributed by atoms with E-state index in [2.05, 4.69) is 0 Å². The summed E-state index contributed by atoms with van der Waals surface area (Å²) in [5, 5.41) is 0. The molecular weight excluding hydrogens is 356 g/mol. The Morgan fingerprint density at radius 3 is 2.68 bits per heavy atom. The molecule has 2 aromatic rings. The molecule has 4 rings (SSSR count). The van der Waals surface area contributed by atoms with Crippen molar-refractivity contribution >= 4 is 17.4 Å². The normalized spacial score (nSPS) is 21.2. The van der Waals surface area contributed by atoms with E-state index in [1.165, 1.54) is 4.90 Å². The molecule has 28 heavy (non-hydrogen) atoms. The molecule has 2 atom stereocenters. The molecule has 0 radical (unpaired) electrons. The average Bonchev–Trinajstić information content (AvgIpc) is 3.26. The van der Waals surface area contributed by atoms with Crippen LogP contribution in [0.2, 0.25) is 0 Å². The Balaban J connectivity index is 1.62. The van der Waals surface area contributed by atoms with E-state index < -0.39 is 11.7 Å². The maximum Gasteiger partial charge on any atom is 0.303 e. The largest absolute Gasteiger partial charge is 0.497 e. The van der Waals surface area contributed by atoms with Gasteiger partial charge >= 0.3 is 5.91 Å². The number of amides is 1. The summed E-state index contributed by atoms with van der Waals surface area (Å²) in [5.74, 6) is 0.713. The van der Waals surface area contributed by atoms with E-state index in [1.807, 2.05) is 37.3 Å². The minimum Gasteiger partial charge on any atom is -0.497 e. The standard InChI is InChI=1S/C22H24N2O4/c1-14-6-9-19-17(11-14)21(25)22(26)24(19)13-23-10-4-5-18(23)16-8-7-15(27-2)12-20(16)28-3/h6-9,11-12,18H,4-5,10,13H2,1-3H3/p+1/t18-/m0/s1. The molecule has 0 spiro atoms. The highest BCUT2D eigenvalue weighted by Crippen LogP contribution is 2.33. The highest BCUT2D eigenvalue weighted by Gasteiger charge is 2.41. The molecule has 6 nitrogen and oxygen atoms in total. The van der Waals surface area contributed by atoms with Gasteiger partial charge in [0.2, 0.25) is 0 Å². The Morgan fingerprint density at radius 1 is 1.11 bits per heavy atom. The first-order valence-corrected chi connectivity index (χ1v) is 9.57. The lowest BCUT2D eigenvalue weighted by atomic mass is 10.0. The zero-order valence-corrected chi connectivity index (χ0v) is 16.5. The van der Waals surface area contributed by atoms with Crippen LogP contribution in [0.4, 0.5) is 5.69 Å². The Kier molecular flexibility index (Phi) is 4.81. The number of carbonyl (C=O) groups excluding carboxylic acids is 2. The molecule has 2 aliphatic rings. The van der Waals surface area contributed by atoms with Gasteiger partial charge in [-0.25, -0.2) is 0 Å². The van der Waals surface area contributed by atoms with Crippen molar-refractivity contribution in [3.63, 3.8) is 0 Å². The van der Waals surface area contributed by atoms with Crippen molar-refractivity contribution in [1.82, 2.24) is 0 Å². The predicted octanol–water partition coefficient (Wildman–Crippen LogP) is 1.92. The van der Waals surface area contributed by atoms with Gasteiger partial charge in [-0.3, -0.25) is 14.5 Å². The fourth-order valence-electron chi connectivity index (χ4n) is 4.36. The lowest BCUT2D eigenvalue weighted by Gasteiger charge is -2.27. The van der Waals surface area contributed by atoms with Crippen LogP contribution in [-0.4, -0.2) is 39.1 Å². The molecule has 146 valence electrons. The molecule has 1 unspecified atom stereocenters. The lowest BCUT2D eigenvalue weighted by Crippen LogP contribution is -3.12. The van der Waals surface area contributed by atoms with Crippen LogP contribution in [0.5, 0.6) is 11.5 Å². The van der Waals surface area contributed by atoms with Gasteiger partial charge in [0.1, 0.15) is 17.5 Å². The Bertz CT molecular complexity index is 940. The number of fused-ring (bicyclic) bond motifs is 1. The van der Waals surface area contributed by atoms with Crippen LogP contribution in [0.3, 0.4) is 0 Å². The quantitative estimate of drug-likeness (QED) is 0.804. The summed E-state index contributed by atoms with van der Waals surface area (Å²) in [6, 6.07) is 11.7. The Hall–Kier alpha value is -2.86. The summed E-state index contributed by atoms with van der Waals surface area (Å²) in [6.07, 6.45) is 2.07. The van der Waals surface area contributed by atoms with Gasteiger partial charge in [-0.1, -0.05) is 11.6 Å². The van der Waals surface area contributed by atoms with Crippen molar-refractivity contribution in [1.29, 1.82) is 0 Å². The first kappa shape index (κ1) is 18.5. The van der Waals surface area contributed by atoms with E-state index in [4.69, 9.17) is 9.47 Å². The lowest BCUT2D eigenvalue weighted by molar-refractivity contribution is -0.917. The second-order valence-electron chi connectivity index (χ2n) is 7.45. The number of carbonyl (C=O) groups is 2. The number of methoxy groups -OCH3 is 2. The third-order valence-electron chi connectivity index (χ3n) is 5.79. The number of nitrogens with zero attached hydrogens (tertiary/aromatic N) is 1. The van der Waals surface area contributed by atoms with Gasteiger partial charge < -0.3 is 14.4 Å². The average molecular weight is 381 g/mol. The maximum absolute atomic E-state index is 12.6. The number of hydrogen-bond acceptors (Lipinski definition) is 4. The molecule has 0 bridgehead atoms. The number of Topliss-reactive ketones (excluding diaryl/α,β-unsaturated/α-hetero) is 1. The minimum atomic E-state index is -0.430. The van der Waals surface area contributed by atoms with E-state index in [0.717, 1.165) is 47.7 Å². The molecular formula is C22H25N2O4+. The van der Waals surface area contributed by atoms with Crippen LogP contribution >= 0.6 is 0 Å². The molecule has 1 saturated heterocycles. The van der Waals surface area contributed by atoms with Crippen molar-refractivity contribution in [3.8, 4) is 11.5 Å². The van der Waals surface area contributed by atoms with Crippen molar-refractivity contribution in [3.05, 3.63) is 53.1 Å². The predicted molar refractivity (Wildman–Crippen MR) is 105 cm³/mol. The van der Waals surface area contributed by atoms with Gasteiger partial charge in [-0.05, 0) is 31.2 Å². The third kappa shape index (κ3) is 3.03. The highest BCUT2D eigenvalue weighted by atomic mass is 16.5. The third-order valence-corrected chi connectivity index (χ3v) is 5.79. The summed E-state index contributed by atoms with van der Waals surface area (Å²) in [6.45, 7) is 3.35. The number of rotatable bonds is 5. The van der Waals surface area contributed by atoms with Gasteiger partial charge in [-0.2, -0.15) is 0 Å². The SMILES string of the molecule is COc1ccc([C@@H]2CCC[NH+]2CN2C(=O)C(=O)c3cc(C)ccc32)c(OC)c1. The smallest absolute Gasteiger partial charge is 0.303 e. The minimum absolute atomic E-state index is 0.207. The van der Waals surface area contributed by atoms with Crippen molar-refractivity contribution in [2.75, 3.05) is 32.3 Å². The van der Waals surface area contributed by atoms with Crippen molar-refractivity contribution in [2.45, 2.75) is 25.8 Å². The molecule has 1 N–H and O–H groups in total. The summed E-state index contributed by atoms with van der Waals surface area (Å²) in [7, 11) is 3.30. The summed E-state index contributed by atoms with van der Waals surface area (Å²) in [5.41, 5.74) is 3.33. The van der Waals surface area contributed by atoms with Crippen LogP contribution in [0, 0.1) is 6.92 Å². The molecule has 6 heteroatoms. The zero-order chi connectivity index (χ0) is 19.8.